The van der Waals surface area contributed by atoms with Crippen molar-refractivity contribution in [2.75, 3.05) is 17.2 Å². The van der Waals surface area contributed by atoms with E-state index in [0.29, 0.717) is 28.8 Å². The van der Waals surface area contributed by atoms with Crippen LogP contribution in [-0.4, -0.2) is 48.0 Å². The second-order valence-corrected chi connectivity index (χ2v) is 9.04. The number of aromatic nitrogens is 6. The Morgan fingerprint density at radius 3 is 2.89 bits per heavy atom. The lowest BCUT2D eigenvalue weighted by atomic mass is 10.1. The molecule has 4 heterocycles. The van der Waals surface area contributed by atoms with Crippen LogP contribution >= 0.6 is 0 Å². The predicted molar refractivity (Wildman–Crippen MR) is 144 cm³/mol. The largest absolute Gasteiger partial charge is 0.439 e. The van der Waals surface area contributed by atoms with Crippen LogP contribution in [0.15, 0.2) is 73.6 Å². The Morgan fingerprint density at radius 1 is 1.11 bits per heavy atom. The van der Waals surface area contributed by atoms with Gasteiger partial charge in [0.15, 0.2) is 5.65 Å². The van der Waals surface area contributed by atoms with Crippen LogP contribution in [0.3, 0.4) is 0 Å². The molecule has 0 spiro atoms. The first kappa shape index (κ1) is 23.5. The van der Waals surface area contributed by atoms with E-state index in [9.17, 15) is 4.79 Å². The van der Waals surface area contributed by atoms with Crippen LogP contribution < -0.4 is 20.7 Å². The summed E-state index contributed by atoms with van der Waals surface area (Å²) in [5, 5.41) is 18.3. The highest BCUT2D eigenvalue weighted by molar-refractivity contribution is 6.02. The normalized spacial score (nSPS) is 15.3. The number of carbonyl (C=O) groups is 1. The number of hydrogen-bond donors (Lipinski definition) is 3. The standard InChI is InChI=1S/C27H25N9O2/c1-17-11-19(5-8-23(17)38-26-13-24-35-32-16-36(24)15-31-26)34-27-21-12-20(4-7-22(21)29-14-30-27)33-25(37)9-6-18-3-2-10-28-18/h4-9,11-16,18,28H,2-3,10H2,1H3,(H,33,37)(H,29,30,34)/b9-6+/t18-/m0/s1. The molecule has 0 radical (unpaired) electrons. The number of anilines is 3. The van der Waals surface area contributed by atoms with E-state index in [-0.39, 0.29) is 11.9 Å². The maximum atomic E-state index is 12.4. The van der Waals surface area contributed by atoms with E-state index in [1.807, 2.05) is 49.4 Å². The molecule has 5 aromatic rings. The van der Waals surface area contributed by atoms with Crippen LogP contribution in [0.1, 0.15) is 18.4 Å². The Morgan fingerprint density at radius 2 is 2.03 bits per heavy atom. The van der Waals surface area contributed by atoms with Gasteiger partial charge in [0.1, 0.15) is 30.5 Å². The lowest BCUT2D eigenvalue weighted by molar-refractivity contribution is -0.111. The van der Waals surface area contributed by atoms with Gasteiger partial charge in [-0.2, -0.15) is 0 Å². The Hall–Kier alpha value is -4.90. The average Bonchev–Trinajstić information content (AvgIpc) is 3.61. The first-order chi connectivity index (χ1) is 18.6. The van der Waals surface area contributed by atoms with Crippen LogP contribution in [0, 0.1) is 6.92 Å². The highest BCUT2D eigenvalue weighted by atomic mass is 16.5. The van der Waals surface area contributed by atoms with Crippen LogP contribution in [0.4, 0.5) is 17.2 Å². The zero-order valence-corrected chi connectivity index (χ0v) is 20.6. The van der Waals surface area contributed by atoms with Gasteiger partial charge in [0.2, 0.25) is 11.8 Å². The van der Waals surface area contributed by atoms with Gasteiger partial charge in [0.25, 0.3) is 0 Å². The van der Waals surface area contributed by atoms with E-state index in [1.54, 1.807) is 29.2 Å². The number of nitrogens with zero attached hydrogens (tertiary/aromatic N) is 6. The zero-order chi connectivity index (χ0) is 25.9. The number of rotatable bonds is 7. The maximum Gasteiger partial charge on any atom is 0.248 e. The van der Waals surface area contributed by atoms with Crippen molar-refractivity contribution in [3.63, 3.8) is 0 Å². The van der Waals surface area contributed by atoms with E-state index >= 15 is 0 Å². The van der Waals surface area contributed by atoms with Crippen molar-refractivity contribution in [2.24, 2.45) is 0 Å². The summed E-state index contributed by atoms with van der Waals surface area (Å²) in [5.74, 6) is 1.56. The van der Waals surface area contributed by atoms with Crippen molar-refractivity contribution >= 4 is 39.6 Å². The van der Waals surface area contributed by atoms with E-state index in [1.165, 1.54) is 6.33 Å². The Kier molecular flexibility index (Phi) is 6.32. The molecule has 1 saturated heterocycles. The molecule has 0 bridgehead atoms. The van der Waals surface area contributed by atoms with Gasteiger partial charge in [-0.25, -0.2) is 15.0 Å². The summed E-state index contributed by atoms with van der Waals surface area (Å²) in [5.41, 5.74) is 3.82. The number of fused-ring (bicyclic) bond motifs is 2. The van der Waals surface area contributed by atoms with Gasteiger partial charge < -0.3 is 20.7 Å². The molecule has 0 unspecified atom stereocenters. The van der Waals surface area contributed by atoms with Crippen LogP contribution in [0.2, 0.25) is 0 Å². The van der Waals surface area contributed by atoms with Crippen molar-refractivity contribution in [1.29, 1.82) is 0 Å². The molecule has 1 amide bonds. The molecule has 3 aromatic heterocycles. The number of nitrogens with one attached hydrogen (secondary N) is 3. The third-order valence-corrected chi connectivity index (χ3v) is 6.30. The predicted octanol–water partition coefficient (Wildman–Crippen LogP) is 4.16. The van der Waals surface area contributed by atoms with Crippen LogP contribution in [-0.2, 0) is 4.79 Å². The minimum absolute atomic E-state index is 0.173. The highest BCUT2D eigenvalue weighted by Gasteiger charge is 2.12. The summed E-state index contributed by atoms with van der Waals surface area (Å²) in [6.07, 6.45) is 10.4. The summed E-state index contributed by atoms with van der Waals surface area (Å²) < 4.78 is 7.68. The molecule has 0 aliphatic carbocycles. The minimum Gasteiger partial charge on any atom is -0.439 e. The summed E-state index contributed by atoms with van der Waals surface area (Å²) in [7, 11) is 0. The molecule has 1 fully saturated rings. The second-order valence-electron chi connectivity index (χ2n) is 9.04. The van der Waals surface area contributed by atoms with E-state index < -0.39 is 0 Å². The molecule has 1 aliphatic heterocycles. The van der Waals surface area contributed by atoms with E-state index in [0.717, 1.165) is 41.5 Å². The lowest BCUT2D eigenvalue weighted by Gasteiger charge is -2.13. The van der Waals surface area contributed by atoms with Crippen LogP contribution in [0.5, 0.6) is 11.6 Å². The van der Waals surface area contributed by atoms with Gasteiger partial charge in [0, 0.05) is 34.9 Å². The molecule has 2 aromatic carbocycles. The second kappa shape index (κ2) is 10.2. The molecule has 11 nitrogen and oxygen atoms in total. The minimum atomic E-state index is -0.173. The fourth-order valence-electron chi connectivity index (χ4n) is 4.35. The Balaban J connectivity index is 1.18. The summed E-state index contributed by atoms with van der Waals surface area (Å²) in [4.78, 5) is 25.5. The zero-order valence-electron chi connectivity index (χ0n) is 20.6. The number of hydrogen-bond acceptors (Lipinski definition) is 9. The first-order valence-electron chi connectivity index (χ1n) is 12.3. The number of ether oxygens (including phenoxy) is 1. The fourth-order valence-corrected chi connectivity index (χ4v) is 4.35. The quantitative estimate of drug-likeness (QED) is 0.278. The monoisotopic (exact) mass is 507 g/mol. The molecular formula is C27H25N9O2. The fraction of sp³-hybridized carbons (Fsp3) is 0.185. The maximum absolute atomic E-state index is 12.4. The molecule has 11 heteroatoms. The van der Waals surface area contributed by atoms with Crippen molar-refractivity contribution in [3.05, 3.63) is 79.2 Å². The SMILES string of the molecule is Cc1cc(Nc2ncnc3ccc(NC(=O)/C=C/[C@@H]4CCCN4)cc23)ccc1Oc1cc2nncn2cn1. The first-order valence-corrected chi connectivity index (χ1v) is 12.3. The molecule has 190 valence electrons. The summed E-state index contributed by atoms with van der Waals surface area (Å²) >= 11 is 0. The molecule has 0 saturated carbocycles. The van der Waals surface area contributed by atoms with E-state index in [2.05, 4.69) is 41.1 Å². The van der Waals surface area contributed by atoms with Crippen molar-refractivity contribution in [3.8, 4) is 11.6 Å². The summed E-state index contributed by atoms with van der Waals surface area (Å²) in [6, 6.07) is 13.3. The van der Waals surface area contributed by atoms with Gasteiger partial charge in [-0.15, -0.1) is 10.2 Å². The molecule has 6 rings (SSSR count). The Bertz CT molecular complexity index is 1660. The van der Waals surface area contributed by atoms with Gasteiger partial charge in [-0.1, -0.05) is 6.08 Å². The van der Waals surface area contributed by atoms with Gasteiger partial charge in [-0.05, 0) is 68.3 Å². The molecule has 3 N–H and O–H groups in total. The van der Waals surface area contributed by atoms with E-state index in [4.69, 9.17) is 4.74 Å². The van der Waals surface area contributed by atoms with Crippen LogP contribution in [0.25, 0.3) is 16.6 Å². The molecule has 1 aliphatic rings. The highest BCUT2D eigenvalue weighted by Crippen LogP contribution is 2.30. The Labute approximate surface area is 218 Å². The van der Waals surface area contributed by atoms with Gasteiger partial charge in [-0.3, -0.25) is 9.20 Å². The van der Waals surface area contributed by atoms with Gasteiger partial charge in [0.05, 0.1) is 5.52 Å². The topological polar surface area (TPSA) is 131 Å². The van der Waals surface area contributed by atoms with Crippen molar-refractivity contribution in [2.45, 2.75) is 25.8 Å². The molecule has 1 atom stereocenters. The number of amides is 1. The third kappa shape index (κ3) is 5.13. The smallest absolute Gasteiger partial charge is 0.248 e. The molecule has 38 heavy (non-hydrogen) atoms. The average molecular weight is 508 g/mol. The lowest BCUT2D eigenvalue weighted by Crippen LogP contribution is -2.19. The van der Waals surface area contributed by atoms with Crippen molar-refractivity contribution < 1.29 is 9.53 Å². The number of benzene rings is 2. The van der Waals surface area contributed by atoms with Gasteiger partial charge >= 0.3 is 0 Å². The number of aryl methyl sites for hydroxylation is 1. The number of carbonyl (C=O) groups excluding carboxylic acids is 1. The molecular weight excluding hydrogens is 482 g/mol. The van der Waals surface area contributed by atoms with Crippen molar-refractivity contribution in [1.82, 2.24) is 34.9 Å². The third-order valence-electron chi connectivity index (χ3n) is 6.30. The summed E-state index contributed by atoms with van der Waals surface area (Å²) in [6.45, 7) is 2.94.